The zero-order valence-corrected chi connectivity index (χ0v) is 19.4. The quantitative estimate of drug-likeness (QED) is 0.522. The van der Waals surface area contributed by atoms with Crippen LogP contribution in [0, 0.1) is 0 Å². The maximum atomic E-state index is 10.9. The lowest BCUT2D eigenvalue weighted by atomic mass is 9.97. The molecular formula is C21H22Cl4O5. The van der Waals surface area contributed by atoms with Gasteiger partial charge < -0.3 is 24.1 Å². The Bertz CT molecular complexity index is 876. The highest BCUT2D eigenvalue weighted by molar-refractivity contribution is 6.35. The summed E-state index contributed by atoms with van der Waals surface area (Å²) in [6, 6.07) is 10.3. The van der Waals surface area contributed by atoms with Crippen molar-refractivity contribution in [3.63, 3.8) is 0 Å². The van der Waals surface area contributed by atoms with Gasteiger partial charge in [0, 0.05) is 27.2 Å². The summed E-state index contributed by atoms with van der Waals surface area (Å²) < 4.78 is 22.9. The molecule has 30 heavy (non-hydrogen) atoms. The molecule has 0 spiro atoms. The van der Waals surface area contributed by atoms with E-state index >= 15 is 0 Å². The molecule has 0 aliphatic carbocycles. The van der Waals surface area contributed by atoms with Gasteiger partial charge in [-0.15, -0.1) is 0 Å². The first-order chi connectivity index (χ1) is 14.2. The molecule has 2 aromatic rings. The third-order valence-electron chi connectivity index (χ3n) is 4.89. The van der Waals surface area contributed by atoms with Crippen molar-refractivity contribution >= 4 is 46.4 Å². The van der Waals surface area contributed by atoms with Gasteiger partial charge in [0.2, 0.25) is 0 Å². The number of aliphatic hydroxyl groups is 1. The summed E-state index contributed by atoms with van der Waals surface area (Å²) in [5.41, 5.74) is 0.143. The highest BCUT2D eigenvalue weighted by atomic mass is 35.5. The number of hydrogen-bond donors (Lipinski definition) is 1. The van der Waals surface area contributed by atoms with E-state index < -0.39 is 24.1 Å². The van der Waals surface area contributed by atoms with Crippen LogP contribution < -0.4 is 0 Å². The van der Waals surface area contributed by atoms with E-state index in [1.54, 1.807) is 43.3 Å². The topological polar surface area (TPSA) is 57.2 Å². The largest absolute Gasteiger partial charge is 0.382 e. The molecule has 164 valence electrons. The van der Waals surface area contributed by atoms with Crippen LogP contribution in [0.15, 0.2) is 36.4 Å². The summed E-state index contributed by atoms with van der Waals surface area (Å²) in [7, 11) is 1.46. The second kappa shape index (κ2) is 10.3. The summed E-state index contributed by atoms with van der Waals surface area (Å²) in [6.45, 7) is 2.18. The molecule has 1 N–H and O–H groups in total. The molecule has 1 fully saturated rings. The van der Waals surface area contributed by atoms with E-state index in [0.717, 1.165) is 11.1 Å². The Morgan fingerprint density at radius 2 is 1.53 bits per heavy atom. The van der Waals surface area contributed by atoms with Crippen LogP contribution in [0.1, 0.15) is 18.1 Å². The molecule has 0 radical (unpaired) electrons. The van der Waals surface area contributed by atoms with Crippen molar-refractivity contribution in [3.8, 4) is 0 Å². The van der Waals surface area contributed by atoms with E-state index in [-0.39, 0.29) is 19.8 Å². The minimum absolute atomic E-state index is 0.161. The first-order valence-electron chi connectivity index (χ1n) is 9.20. The molecule has 1 saturated heterocycles. The summed E-state index contributed by atoms with van der Waals surface area (Å²) in [5, 5.41) is 13.0. The maximum Gasteiger partial charge on any atom is 0.188 e. The second-order valence-electron chi connectivity index (χ2n) is 7.19. The zero-order valence-electron chi connectivity index (χ0n) is 16.4. The van der Waals surface area contributed by atoms with Crippen LogP contribution in [0.5, 0.6) is 0 Å². The van der Waals surface area contributed by atoms with Crippen molar-refractivity contribution in [2.75, 3.05) is 13.7 Å². The SMILES string of the molecule is CO[C@H]1O[C@H](COCc2ccc(Cl)cc2Cl)[C@@H](OCc2ccc(Cl)cc2Cl)[C@]1(C)O. The highest BCUT2D eigenvalue weighted by Gasteiger charge is 2.54. The number of rotatable bonds is 8. The molecule has 5 nitrogen and oxygen atoms in total. The van der Waals surface area contributed by atoms with Crippen LogP contribution in [-0.4, -0.2) is 42.9 Å². The van der Waals surface area contributed by atoms with Gasteiger partial charge in [-0.1, -0.05) is 58.5 Å². The molecule has 0 unspecified atom stereocenters. The average Bonchev–Trinajstić information content (AvgIpc) is 2.92. The van der Waals surface area contributed by atoms with Gasteiger partial charge in [0.15, 0.2) is 6.29 Å². The van der Waals surface area contributed by atoms with Gasteiger partial charge in [-0.2, -0.15) is 0 Å². The minimum Gasteiger partial charge on any atom is -0.382 e. The molecule has 0 bridgehead atoms. The Balaban J connectivity index is 1.66. The van der Waals surface area contributed by atoms with E-state index in [9.17, 15) is 5.11 Å². The number of benzene rings is 2. The fourth-order valence-corrected chi connectivity index (χ4v) is 4.24. The molecule has 0 aromatic heterocycles. The van der Waals surface area contributed by atoms with Gasteiger partial charge in [-0.3, -0.25) is 0 Å². The lowest BCUT2D eigenvalue weighted by molar-refractivity contribution is -0.190. The molecule has 0 saturated carbocycles. The first-order valence-corrected chi connectivity index (χ1v) is 10.7. The third-order valence-corrected chi connectivity index (χ3v) is 6.07. The molecule has 1 heterocycles. The van der Waals surface area contributed by atoms with E-state index in [4.69, 9.17) is 65.4 Å². The normalized spacial score (nSPS) is 26.3. The molecule has 3 rings (SSSR count). The zero-order chi connectivity index (χ0) is 21.9. The van der Waals surface area contributed by atoms with Crippen LogP contribution >= 0.6 is 46.4 Å². The van der Waals surface area contributed by atoms with Gasteiger partial charge in [0.05, 0.1) is 19.8 Å². The number of methoxy groups -OCH3 is 1. The standard InChI is InChI=1S/C21H22Cl4O5/c1-21(26)19(29-10-13-4-6-15(23)8-17(13)25)18(30-20(21)27-2)11-28-9-12-3-5-14(22)7-16(12)24/h3-8,18-20,26H,9-11H2,1-2H3/t18-,19-,20+,21+/m1/s1. The van der Waals surface area contributed by atoms with Gasteiger partial charge in [0.1, 0.15) is 17.8 Å². The lowest BCUT2D eigenvalue weighted by Gasteiger charge is -2.29. The van der Waals surface area contributed by atoms with E-state index in [0.29, 0.717) is 20.1 Å². The van der Waals surface area contributed by atoms with Crippen molar-refractivity contribution in [1.82, 2.24) is 0 Å². The van der Waals surface area contributed by atoms with Crippen LogP contribution in [0.3, 0.4) is 0 Å². The van der Waals surface area contributed by atoms with Gasteiger partial charge in [-0.25, -0.2) is 0 Å². The molecular weight excluding hydrogens is 474 g/mol. The highest BCUT2D eigenvalue weighted by Crippen LogP contribution is 2.35. The Kier molecular flexibility index (Phi) is 8.29. The Hall–Kier alpha value is -0.600. The van der Waals surface area contributed by atoms with Crippen LogP contribution in [-0.2, 0) is 32.2 Å². The van der Waals surface area contributed by atoms with Gasteiger partial charge in [-0.05, 0) is 42.3 Å². The number of hydrogen-bond acceptors (Lipinski definition) is 5. The fourth-order valence-electron chi connectivity index (χ4n) is 3.32. The molecule has 9 heteroatoms. The minimum atomic E-state index is -1.39. The van der Waals surface area contributed by atoms with E-state index in [2.05, 4.69) is 0 Å². The van der Waals surface area contributed by atoms with Crippen molar-refractivity contribution in [1.29, 1.82) is 0 Å². The van der Waals surface area contributed by atoms with Crippen molar-refractivity contribution in [2.24, 2.45) is 0 Å². The Labute approximate surface area is 195 Å². The van der Waals surface area contributed by atoms with E-state index in [1.165, 1.54) is 7.11 Å². The summed E-state index contributed by atoms with van der Waals surface area (Å²) in [6.07, 6.45) is -2.15. The Morgan fingerprint density at radius 1 is 0.967 bits per heavy atom. The summed E-state index contributed by atoms with van der Waals surface area (Å²) >= 11 is 24.3. The fraction of sp³-hybridized carbons (Fsp3) is 0.429. The molecule has 2 aromatic carbocycles. The Morgan fingerprint density at radius 3 is 2.07 bits per heavy atom. The van der Waals surface area contributed by atoms with Crippen LogP contribution in [0.2, 0.25) is 20.1 Å². The third kappa shape index (κ3) is 5.60. The predicted octanol–water partition coefficient (Wildman–Crippen LogP) is 5.52. The first kappa shape index (κ1) is 24.1. The van der Waals surface area contributed by atoms with E-state index in [1.807, 2.05) is 0 Å². The second-order valence-corrected chi connectivity index (χ2v) is 8.87. The van der Waals surface area contributed by atoms with Gasteiger partial charge in [0.25, 0.3) is 0 Å². The van der Waals surface area contributed by atoms with Crippen molar-refractivity contribution in [3.05, 3.63) is 67.6 Å². The smallest absolute Gasteiger partial charge is 0.188 e. The molecule has 4 atom stereocenters. The van der Waals surface area contributed by atoms with Gasteiger partial charge >= 0.3 is 0 Å². The molecule has 0 amide bonds. The predicted molar refractivity (Wildman–Crippen MR) is 117 cm³/mol. The van der Waals surface area contributed by atoms with Crippen LogP contribution in [0.25, 0.3) is 0 Å². The lowest BCUT2D eigenvalue weighted by Crippen LogP contribution is -2.48. The molecule has 1 aliphatic heterocycles. The maximum absolute atomic E-state index is 10.9. The van der Waals surface area contributed by atoms with Crippen LogP contribution in [0.4, 0.5) is 0 Å². The summed E-state index contributed by atoms with van der Waals surface area (Å²) in [4.78, 5) is 0. The average molecular weight is 496 g/mol. The summed E-state index contributed by atoms with van der Waals surface area (Å²) in [5.74, 6) is 0. The molecule has 1 aliphatic rings. The number of halogens is 4. The number of ether oxygens (including phenoxy) is 4. The van der Waals surface area contributed by atoms with Crippen molar-refractivity contribution in [2.45, 2.75) is 44.2 Å². The van der Waals surface area contributed by atoms with Crippen molar-refractivity contribution < 1.29 is 24.1 Å². The monoisotopic (exact) mass is 494 g/mol.